The van der Waals surface area contributed by atoms with Crippen LogP contribution in [0.25, 0.3) is 0 Å². The van der Waals surface area contributed by atoms with Crippen molar-refractivity contribution in [3.8, 4) is 0 Å². The van der Waals surface area contributed by atoms with Crippen molar-refractivity contribution in [2.75, 3.05) is 6.98 Å². The molecule has 3 atom stereocenters. The predicted octanol–water partition coefficient (Wildman–Crippen LogP) is 0.164. The largest absolute Gasteiger partial charge is 0.480 e. The van der Waals surface area contributed by atoms with E-state index in [-0.39, 0.29) is 6.04 Å². The normalized spacial score (nSPS) is 50.8. The van der Waals surface area contributed by atoms with E-state index in [1.165, 1.54) is 0 Å². The molecule has 0 bridgehead atoms. The maximum absolute atomic E-state index is 10.7. The lowest BCUT2D eigenvalue weighted by molar-refractivity contribution is -0.137. The first kappa shape index (κ1) is 3.72. The summed E-state index contributed by atoms with van der Waals surface area (Å²) in [6, 6.07) is -0.995. The standard InChI is InChI=1S/C7H11NO2/c1-8-5(4-2-3-4)6(8)7(9)10/h4-6H,2-3H2,1H3,(H,9,10)/t5-,6-,8?/m1/s1/i1D3. The zero-order valence-corrected chi connectivity index (χ0v) is 5.45. The van der Waals surface area contributed by atoms with Crippen LogP contribution in [-0.2, 0) is 4.79 Å². The zero-order valence-electron chi connectivity index (χ0n) is 8.45. The molecule has 0 aromatic heterocycles. The lowest BCUT2D eigenvalue weighted by Crippen LogP contribution is -2.09. The van der Waals surface area contributed by atoms with Gasteiger partial charge >= 0.3 is 5.97 Å². The second-order valence-electron chi connectivity index (χ2n) is 3.02. The summed E-state index contributed by atoms with van der Waals surface area (Å²) < 4.78 is 21.4. The van der Waals surface area contributed by atoms with E-state index in [1.807, 2.05) is 0 Å². The van der Waals surface area contributed by atoms with Gasteiger partial charge < -0.3 is 5.11 Å². The first-order chi connectivity index (χ1) is 5.93. The summed E-state index contributed by atoms with van der Waals surface area (Å²) in [5.74, 6) is -0.699. The third kappa shape index (κ3) is 0.736. The third-order valence-electron chi connectivity index (χ3n) is 2.21. The minimum Gasteiger partial charge on any atom is -0.480 e. The number of aliphatic carboxylic acids is 1. The van der Waals surface area contributed by atoms with Crippen molar-refractivity contribution in [2.24, 2.45) is 5.92 Å². The van der Waals surface area contributed by atoms with E-state index in [0.29, 0.717) is 5.92 Å². The monoisotopic (exact) mass is 144 g/mol. The molecule has 3 nitrogen and oxygen atoms in total. The molecule has 56 valence electrons. The summed E-state index contributed by atoms with van der Waals surface area (Å²) in [5.41, 5.74) is 0. The number of likely N-dealkylation sites (N-methyl/N-ethyl adjacent to an activating group) is 1. The quantitative estimate of drug-likeness (QED) is 0.561. The number of rotatable bonds is 2. The lowest BCUT2D eigenvalue weighted by Gasteiger charge is -1.85. The van der Waals surface area contributed by atoms with Crippen LogP contribution in [0.4, 0.5) is 0 Å². The van der Waals surface area contributed by atoms with Crippen molar-refractivity contribution in [1.82, 2.24) is 4.90 Å². The van der Waals surface area contributed by atoms with Gasteiger partial charge in [0.1, 0.15) is 6.04 Å². The van der Waals surface area contributed by atoms with Gasteiger partial charge in [0.05, 0.1) is 0 Å². The van der Waals surface area contributed by atoms with Gasteiger partial charge in [-0.25, -0.2) is 0 Å². The molecule has 0 radical (unpaired) electrons. The minimum absolute atomic E-state index is 0.231. The van der Waals surface area contributed by atoms with Crippen molar-refractivity contribution in [2.45, 2.75) is 24.9 Å². The highest BCUT2D eigenvalue weighted by atomic mass is 16.4. The molecule has 2 aliphatic rings. The Morgan fingerprint density at radius 2 is 2.50 bits per heavy atom. The fraction of sp³-hybridized carbons (Fsp3) is 0.857. The molecule has 1 N–H and O–H groups in total. The average molecular weight is 144 g/mol. The summed E-state index contributed by atoms with van der Waals surface area (Å²) >= 11 is 0. The van der Waals surface area contributed by atoms with Gasteiger partial charge in [-0.1, -0.05) is 0 Å². The fourth-order valence-corrected chi connectivity index (χ4v) is 1.44. The molecule has 1 aliphatic heterocycles. The molecular weight excluding hydrogens is 130 g/mol. The number of hydrogen-bond donors (Lipinski definition) is 1. The lowest BCUT2D eigenvalue weighted by atomic mass is 10.2. The van der Waals surface area contributed by atoms with E-state index in [2.05, 4.69) is 0 Å². The maximum Gasteiger partial charge on any atom is 0.322 e. The van der Waals surface area contributed by atoms with Crippen LogP contribution in [0, 0.1) is 5.92 Å². The number of nitrogens with zero attached hydrogens (tertiary/aromatic N) is 1. The topological polar surface area (TPSA) is 40.3 Å². The van der Waals surface area contributed by atoms with E-state index < -0.39 is 19.0 Å². The number of carboxylic acid groups (broad SMARTS) is 1. The second kappa shape index (κ2) is 1.72. The number of carbonyl (C=O) groups is 1. The second-order valence-corrected chi connectivity index (χ2v) is 3.02. The highest BCUT2D eigenvalue weighted by Gasteiger charge is 2.56. The van der Waals surface area contributed by atoms with Crippen molar-refractivity contribution < 1.29 is 14.0 Å². The highest BCUT2D eigenvalue weighted by molar-refractivity contribution is 5.78. The van der Waals surface area contributed by atoms with Gasteiger partial charge in [-0.05, 0) is 25.7 Å². The third-order valence-corrected chi connectivity index (χ3v) is 2.21. The predicted molar refractivity (Wildman–Crippen MR) is 35.7 cm³/mol. The van der Waals surface area contributed by atoms with Crippen LogP contribution in [0.5, 0.6) is 0 Å². The summed E-state index contributed by atoms with van der Waals surface area (Å²) in [7, 11) is 0. The van der Waals surface area contributed by atoms with Gasteiger partial charge in [0.25, 0.3) is 0 Å². The summed E-state index contributed by atoms with van der Waals surface area (Å²) in [4.78, 5) is 11.8. The highest BCUT2D eigenvalue weighted by Crippen LogP contribution is 2.45. The molecular formula is C7H11NO2. The molecule has 2 rings (SSSR count). The van der Waals surface area contributed by atoms with Gasteiger partial charge in [-0.15, -0.1) is 0 Å². The Balaban J connectivity index is 2.08. The van der Waals surface area contributed by atoms with Gasteiger partial charge in [-0.2, -0.15) is 0 Å². The zero-order chi connectivity index (χ0) is 9.80. The van der Waals surface area contributed by atoms with Crippen LogP contribution in [0.3, 0.4) is 0 Å². The summed E-state index contributed by atoms with van der Waals surface area (Å²) in [6.45, 7) is -2.24. The Morgan fingerprint density at radius 3 is 2.80 bits per heavy atom. The van der Waals surface area contributed by atoms with E-state index in [0.717, 1.165) is 17.7 Å². The van der Waals surface area contributed by atoms with Crippen molar-refractivity contribution in [3.05, 3.63) is 0 Å². The molecule has 3 heteroatoms. The van der Waals surface area contributed by atoms with Gasteiger partial charge in [0.15, 0.2) is 0 Å². The summed E-state index contributed by atoms with van der Waals surface area (Å²) in [6.07, 6.45) is 1.95. The molecule has 1 saturated heterocycles. The summed E-state index contributed by atoms with van der Waals surface area (Å²) in [5, 5.41) is 8.74. The van der Waals surface area contributed by atoms with Gasteiger partial charge in [-0.3, -0.25) is 9.69 Å². The Bertz CT molecular complexity index is 249. The fourth-order valence-electron chi connectivity index (χ4n) is 1.44. The molecule has 10 heavy (non-hydrogen) atoms. The Hall–Kier alpha value is -0.570. The first-order valence-electron chi connectivity index (χ1n) is 4.94. The smallest absolute Gasteiger partial charge is 0.322 e. The maximum atomic E-state index is 10.7. The Kier molecular flexibility index (Phi) is 0.641. The van der Waals surface area contributed by atoms with Crippen LogP contribution in [0.2, 0.25) is 0 Å². The molecule has 1 unspecified atom stereocenters. The van der Waals surface area contributed by atoms with E-state index >= 15 is 0 Å². The van der Waals surface area contributed by atoms with Gasteiger partial charge in [0, 0.05) is 10.2 Å². The van der Waals surface area contributed by atoms with Crippen molar-refractivity contribution in [3.63, 3.8) is 0 Å². The van der Waals surface area contributed by atoms with Gasteiger partial charge in [0.2, 0.25) is 0 Å². The molecule has 0 amide bonds. The molecule has 2 fully saturated rings. The molecule has 1 heterocycles. The minimum atomic E-state index is -2.24. The van der Waals surface area contributed by atoms with Crippen LogP contribution in [-0.4, -0.2) is 35.0 Å². The van der Waals surface area contributed by atoms with Crippen LogP contribution in [0.15, 0.2) is 0 Å². The molecule has 1 aliphatic carbocycles. The van der Waals surface area contributed by atoms with Crippen LogP contribution >= 0.6 is 0 Å². The van der Waals surface area contributed by atoms with Crippen molar-refractivity contribution >= 4 is 5.97 Å². The first-order valence-corrected chi connectivity index (χ1v) is 3.44. The Morgan fingerprint density at radius 1 is 1.80 bits per heavy atom. The van der Waals surface area contributed by atoms with Crippen LogP contribution < -0.4 is 0 Å². The molecule has 0 spiro atoms. The number of carboxylic acids is 1. The number of hydrogen-bond acceptors (Lipinski definition) is 2. The molecule has 0 aromatic rings. The SMILES string of the molecule is [2H]C([2H])([2H])N1[C@H](C2CC2)[C@@H]1C(=O)O. The molecule has 1 saturated carbocycles. The van der Waals surface area contributed by atoms with Crippen molar-refractivity contribution in [1.29, 1.82) is 0 Å². The van der Waals surface area contributed by atoms with Crippen LogP contribution in [0.1, 0.15) is 17.0 Å². The van der Waals surface area contributed by atoms with E-state index in [9.17, 15) is 4.79 Å². The average Bonchev–Trinajstić information content (AvgIpc) is 2.79. The van der Waals surface area contributed by atoms with E-state index in [4.69, 9.17) is 9.22 Å². The van der Waals surface area contributed by atoms with E-state index in [1.54, 1.807) is 0 Å². The molecule has 0 aromatic carbocycles. The Labute approximate surface area is 63.8 Å².